The first kappa shape index (κ1) is 12.2. The first-order valence-corrected chi connectivity index (χ1v) is 4.81. The number of hydrogen-bond donors (Lipinski definition) is 1. The minimum Gasteiger partial charge on any atom is -0.386 e. The standard InChI is InChI=1S/C9H21ClNO/c1-9(2,3)11(4,5)7-8(12)6-10/h8,12H,6-7H2,1-5H3/q+1. The van der Waals surface area contributed by atoms with E-state index in [-0.39, 0.29) is 5.54 Å². The smallest absolute Gasteiger partial charge is 0.116 e. The predicted molar refractivity (Wildman–Crippen MR) is 53.5 cm³/mol. The lowest BCUT2D eigenvalue weighted by Crippen LogP contribution is -2.57. The largest absolute Gasteiger partial charge is 0.386 e. The Hall–Kier alpha value is 0.210. The first-order chi connectivity index (χ1) is 5.20. The third kappa shape index (κ3) is 3.30. The quantitative estimate of drug-likeness (QED) is 0.533. The van der Waals surface area contributed by atoms with Gasteiger partial charge in [0.1, 0.15) is 12.6 Å². The van der Waals surface area contributed by atoms with E-state index in [4.69, 9.17) is 11.6 Å². The van der Waals surface area contributed by atoms with Gasteiger partial charge in [-0.05, 0) is 20.8 Å². The fourth-order valence-electron chi connectivity index (χ4n) is 0.850. The normalized spacial score (nSPS) is 16.2. The number of aliphatic hydroxyl groups is 1. The molecule has 0 amide bonds. The van der Waals surface area contributed by atoms with E-state index in [9.17, 15) is 5.11 Å². The number of quaternary nitrogens is 1. The van der Waals surface area contributed by atoms with Crippen LogP contribution in [0.5, 0.6) is 0 Å². The molecule has 0 saturated carbocycles. The summed E-state index contributed by atoms with van der Waals surface area (Å²) in [5.74, 6) is 0.317. The van der Waals surface area contributed by atoms with E-state index in [1.165, 1.54) is 0 Å². The van der Waals surface area contributed by atoms with Crippen LogP contribution >= 0.6 is 11.6 Å². The SMILES string of the molecule is CC(C)(C)[N+](C)(C)CC(O)CCl. The molecular formula is C9H21ClNO+. The molecule has 0 rings (SSSR count). The second-order valence-electron chi connectivity index (χ2n) is 4.85. The number of aliphatic hydroxyl groups excluding tert-OH is 1. The van der Waals surface area contributed by atoms with Crippen molar-refractivity contribution in [3.63, 3.8) is 0 Å². The van der Waals surface area contributed by atoms with Crippen LogP contribution in [-0.4, -0.2) is 47.8 Å². The van der Waals surface area contributed by atoms with Gasteiger partial charge in [0.15, 0.2) is 0 Å². The Kier molecular flexibility index (Phi) is 4.01. The number of halogens is 1. The van der Waals surface area contributed by atoms with E-state index in [0.29, 0.717) is 12.4 Å². The summed E-state index contributed by atoms with van der Waals surface area (Å²) in [5.41, 5.74) is 0.146. The summed E-state index contributed by atoms with van der Waals surface area (Å²) in [6, 6.07) is 0. The maximum absolute atomic E-state index is 9.41. The molecule has 0 radical (unpaired) electrons. The predicted octanol–water partition coefficient (Wildman–Crippen LogP) is 1.46. The number of hydrogen-bond acceptors (Lipinski definition) is 1. The van der Waals surface area contributed by atoms with Crippen molar-refractivity contribution in [1.29, 1.82) is 0 Å². The summed E-state index contributed by atoms with van der Waals surface area (Å²) in [6.07, 6.45) is -0.402. The van der Waals surface area contributed by atoms with Gasteiger partial charge < -0.3 is 9.59 Å². The molecule has 12 heavy (non-hydrogen) atoms. The van der Waals surface area contributed by atoms with Gasteiger partial charge >= 0.3 is 0 Å². The number of likely N-dealkylation sites (N-methyl/N-ethyl adjacent to an activating group) is 1. The van der Waals surface area contributed by atoms with Gasteiger partial charge in [0, 0.05) is 0 Å². The van der Waals surface area contributed by atoms with Crippen molar-refractivity contribution >= 4 is 11.6 Å². The van der Waals surface area contributed by atoms with Gasteiger partial charge in [-0.15, -0.1) is 11.6 Å². The van der Waals surface area contributed by atoms with Crippen molar-refractivity contribution in [2.45, 2.75) is 32.4 Å². The Morgan fingerprint density at radius 2 is 1.75 bits per heavy atom. The van der Waals surface area contributed by atoms with Gasteiger partial charge in [0.25, 0.3) is 0 Å². The Morgan fingerprint density at radius 3 is 2.00 bits per heavy atom. The highest BCUT2D eigenvalue weighted by molar-refractivity contribution is 6.18. The van der Waals surface area contributed by atoms with Crippen molar-refractivity contribution in [2.24, 2.45) is 0 Å². The molecule has 0 aliphatic heterocycles. The van der Waals surface area contributed by atoms with E-state index >= 15 is 0 Å². The molecule has 0 aromatic carbocycles. The topological polar surface area (TPSA) is 20.2 Å². The fraction of sp³-hybridized carbons (Fsp3) is 1.00. The minimum atomic E-state index is -0.402. The van der Waals surface area contributed by atoms with Crippen molar-refractivity contribution in [1.82, 2.24) is 0 Å². The monoisotopic (exact) mass is 194 g/mol. The maximum Gasteiger partial charge on any atom is 0.116 e. The lowest BCUT2D eigenvalue weighted by atomic mass is 10.0. The molecule has 1 unspecified atom stereocenters. The Bertz CT molecular complexity index is 140. The first-order valence-electron chi connectivity index (χ1n) is 4.28. The van der Waals surface area contributed by atoms with E-state index < -0.39 is 6.10 Å². The van der Waals surface area contributed by atoms with Gasteiger partial charge in [0.2, 0.25) is 0 Å². The summed E-state index contributed by atoms with van der Waals surface area (Å²) in [5, 5.41) is 9.41. The molecular weight excluding hydrogens is 174 g/mol. The molecule has 0 fully saturated rings. The third-order valence-corrected chi connectivity index (χ3v) is 3.02. The average Bonchev–Trinajstić information content (AvgIpc) is 1.84. The van der Waals surface area contributed by atoms with Gasteiger partial charge in [-0.3, -0.25) is 0 Å². The average molecular weight is 195 g/mol. The molecule has 0 aliphatic rings. The highest BCUT2D eigenvalue weighted by Crippen LogP contribution is 2.19. The van der Waals surface area contributed by atoms with Crippen LogP contribution in [0.4, 0.5) is 0 Å². The fourth-order valence-corrected chi connectivity index (χ4v) is 0.947. The zero-order valence-corrected chi connectivity index (χ0v) is 9.52. The van der Waals surface area contributed by atoms with Crippen molar-refractivity contribution < 1.29 is 9.59 Å². The minimum absolute atomic E-state index is 0.146. The van der Waals surface area contributed by atoms with E-state index in [0.717, 1.165) is 4.48 Å². The lowest BCUT2D eigenvalue weighted by Gasteiger charge is -2.43. The molecule has 1 N–H and O–H groups in total. The van der Waals surface area contributed by atoms with Gasteiger partial charge in [-0.1, -0.05) is 0 Å². The molecule has 0 bridgehead atoms. The highest BCUT2D eigenvalue weighted by atomic mass is 35.5. The highest BCUT2D eigenvalue weighted by Gasteiger charge is 2.33. The van der Waals surface area contributed by atoms with Crippen molar-refractivity contribution in [3.8, 4) is 0 Å². The number of alkyl halides is 1. The van der Waals surface area contributed by atoms with Crippen molar-refractivity contribution in [2.75, 3.05) is 26.5 Å². The van der Waals surface area contributed by atoms with Gasteiger partial charge in [-0.25, -0.2) is 0 Å². The van der Waals surface area contributed by atoms with Crippen LogP contribution in [0, 0.1) is 0 Å². The summed E-state index contributed by atoms with van der Waals surface area (Å²) in [6.45, 7) is 7.18. The number of nitrogens with zero attached hydrogens (tertiary/aromatic N) is 1. The zero-order valence-electron chi connectivity index (χ0n) is 8.76. The van der Waals surface area contributed by atoms with Crippen LogP contribution in [0.2, 0.25) is 0 Å². The molecule has 0 heterocycles. The summed E-state index contributed by atoms with van der Waals surface area (Å²) in [7, 11) is 4.21. The summed E-state index contributed by atoms with van der Waals surface area (Å²) in [4.78, 5) is 0. The Balaban J connectivity index is 4.22. The molecule has 0 spiro atoms. The van der Waals surface area contributed by atoms with Crippen LogP contribution in [-0.2, 0) is 0 Å². The zero-order chi connectivity index (χ0) is 9.99. The molecule has 0 aromatic rings. The molecule has 0 aliphatic carbocycles. The molecule has 74 valence electrons. The third-order valence-electron chi connectivity index (χ3n) is 2.66. The molecule has 2 nitrogen and oxygen atoms in total. The van der Waals surface area contributed by atoms with Crippen LogP contribution in [0.3, 0.4) is 0 Å². The van der Waals surface area contributed by atoms with Crippen LogP contribution in [0.15, 0.2) is 0 Å². The summed E-state index contributed by atoms with van der Waals surface area (Å²) >= 11 is 5.55. The second kappa shape index (κ2) is 3.95. The van der Waals surface area contributed by atoms with E-state index in [2.05, 4.69) is 34.9 Å². The number of rotatable bonds is 3. The van der Waals surface area contributed by atoms with E-state index in [1.54, 1.807) is 0 Å². The van der Waals surface area contributed by atoms with Crippen LogP contribution in [0.25, 0.3) is 0 Å². The van der Waals surface area contributed by atoms with Crippen molar-refractivity contribution in [3.05, 3.63) is 0 Å². The summed E-state index contributed by atoms with van der Waals surface area (Å²) < 4.78 is 0.779. The molecule has 3 heteroatoms. The Labute approximate surface area is 80.7 Å². The maximum atomic E-state index is 9.41. The van der Waals surface area contributed by atoms with Gasteiger partial charge in [-0.2, -0.15) is 0 Å². The molecule has 0 aromatic heterocycles. The second-order valence-corrected chi connectivity index (χ2v) is 5.16. The van der Waals surface area contributed by atoms with Crippen LogP contribution < -0.4 is 0 Å². The van der Waals surface area contributed by atoms with Crippen LogP contribution in [0.1, 0.15) is 20.8 Å². The molecule has 0 saturated heterocycles. The van der Waals surface area contributed by atoms with Gasteiger partial charge in [0.05, 0.1) is 25.5 Å². The van der Waals surface area contributed by atoms with E-state index in [1.807, 2.05) is 0 Å². The lowest BCUT2D eigenvalue weighted by molar-refractivity contribution is -0.938. The molecule has 1 atom stereocenters. The Morgan fingerprint density at radius 1 is 1.33 bits per heavy atom.